The zero-order chi connectivity index (χ0) is 9.26. The average Bonchev–Trinajstić information content (AvgIpc) is 2.46. The van der Waals surface area contributed by atoms with Gasteiger partial charge in [-0.2, -0.15) is 5.10 Å². The van der Waals surface area contributed by atoms with E-state index in [1.807, 2.05) is 4.68 Å². The molecular weight excluding hydrogens is 166 g/mol. The predicted octanol–water partition coefficient (Wildman–Crippen LogP) is 0.538. The maximum Gasteiger partial charge on any atom is 0.150 e. The van der Waals surface area contributed by atoms with Crippen molar-refractivity contribution in [3.8, 4) is 0 Å². The third-order valence-electron chi connectivity index (χ3n) is 2.35. The van der Waals surface area contributed by atoms with Gasteiger partial charge in [0.2, 0.25) is 0 Å². The van der Waals surface area contributed by atoms with E-state index in [0.717, 1.165) is 37.3 Å². The number of rotatable bonds is 2. The average molecular weight is 181 g/mol. The summed E-state index contributed by atoms with van der Waals surface area (Å²) in [5.41, 5.74) is 0. The summed E-state index contributed by atoms with van der Waals surface area (Å²) in [6.07, 6.45) is 3.47. The second-order valence-corrected chi connectivity index (χ2v) is 3.57. The van der Waals surface area contributed by atoms with Crippen LogP contribution in [0.25, 0.3) is 0 Å². The second kappa shape index (κ2) is 3.46. The van der Waals surface area contributed by atoms with Gasteiger partial charge in [-0.3, -0.25) is 0 Å². The highest BCUT2D eigenvalue weighted by molar-refractivity contribution is 4.97. The molecule has 4 nitrogen and oxygen atoms in total. The molecule has 1 aliphatic heterocycles. The summed E-state index contributed by atoms with van der Waals surface area (Å²) in [5, 5.41) is 13.7. The number of nitrogens with zero attached hydrogens (tertiary/aromatic N) is 3. The van der Waals surface area contributed by atoms with E-state index < -0.39 is 0 Å². The van der Waals surface area contributed by atoms with Crippen LogP contribution in [-0.2, 0) is 19.4 Å². The van der Waals surface area contributed by atoms with Crippen LogP contribution in [0, 0.1) is 0 Å². The van der Waals surface area contributed by atoms with Crippen molar-refractivity contribution >= 4 is 0 Å². The van der Waals surface area contributed by atoms with Crippen LogP contribution in [0.5, 0.6) is 0 Å². The predicted molar refractivity (Wildman–Crippen MR) is 48.3 cm³/mol. The van der Waals surface area contributed by atoms with Crippen molar-refractivity contribution in [1.82, 2.24) is 14.8 Å². The van der Waals surface area contributed by atoms with Gasteiger partial charge in [-0.05, 0) is 12.8 Å². The van der Waals surface area contributed by atoms with Gasteiger partial charge >= 0.3 is 0 Å². The molecule has 1 atom stereocenters. The van der Waals surface area contributed by atoms with Gasteiger partial charge in [0.25, 0.3) is 0 Å². The molecule has 0 fully saturated rings. The highest BCUT2D eigenvalue weighted by atomic mass is 16.3. The third-order valence-corrected chi connectivity index (χ3v) is 2.35. The number of aryl methyl sites for hydroxylation is 2. The largest absolute Gasteiger partial charge is 0.391 e. The molecule has 0 bridgehead atoms. The van der Waals surface area contributed by atoms with Crippen molar-refractivity contribution < 1.29 is 5.11 Å². The lowest BCUT2D eigenvalue weighted by Crippen LogP contribution is -2.25. The molecule has 0 spiro atoms. The summed E-state index contributed by atoms with van der Waals surface area (Å²) < 4.78 is 1.85. The molecule has 2 rings (SSSR count). The summed E-state index contributed by atoms with van der Waals surface area (Å²) in [4.78, 5) is 4.42. The van der Waals surface area contributed by atoms with Crippen LogP contribution in [0.1, 0.15) is 31.4 Å². The van der Waals surface area contributed by atoms with Gasteiger partial charge in [-0.1, -0.05) is 6.92 Å². The van der Waals surface area contributed by atoms with E-state index in [9.17, 15) is 5.11 Å². The van der Waals surface area contributed by atoms with E-state index in [-0.39, 0.29) is 6.10 Å². The number of aliphatic hydroxyl groups is 1. The lowest BCUT2D eigenvalue weighted by Gasteiger charge is -2.16. The maximum atomic E-state index is 9.41. The lowest BCUT2D eigenvalue weighted by molar-refractivity contribution is 0.124. The normalized spacial score (nSPS) is 21.5. The smallest absolute Gasteiger partial charge is 0.150 e. The molecule has 13 heavy (non-hydrogen) atoms. The molecule has 1 N–H and O–H groups in total. The Bertz CT molecular complexity index is 295. The van der Waals surface area contributed by atoms with Crippen LogP contribution in [0.2, 0.25) is 0 Å². The van der Waals surface area contributed by atoms with Crippen molar-refractivity contribution in [3.63, 3.8) is 0 Å². The fraction of sp³-hybridized carbons (Fsp3) is 0.778. The topological polar surface area (TPSA) is 50.9 Å². The Morgan fingerprint density at radius 2 is 2.46 bits per heavy atom. The molecule has 4 heteroatoms. The fourth-order valence-corrected chi connectivity index (χ4v) is 1.67. The highest BCUT2D eigenvalue weighted by Crippen LogP contribution is 2.13. The Hall–Kier alpha value is -0.900. The van der Waals surface area contributed by atoms with Crippen molar-refractivity contribution in [1.29, 1.82) is 0 Å². The van der Waals surface area contributed by atoms with E-state index in [1.165, 1.54) is 0 Å². The number of hydrogen-bond donors (Lipinski definition) is 1. The molecule has 2 heterocycles. The minimum atomic E-state index is -0.233. The minimum absolute atomic E-state index is 0.233. The van der Waals surface area contributed by atoms with Crippen molar-refractivity contribution in [3.05, 3.63) is 11.6 Å². The van der Waals surface area contributed by atoms with Gasteiger partial charge in [-0.25, -0.2) is 9.67 Å². The Labute approximate surface area is 77.6 Å². The van der Waals surface area contributed by atoms with Crippen LogP contribution in [0.4, 0.5) is 0 Å². The fourth-order valence-electron chi connectivity index (χ4n) is 1.67. The van der Waals surface area contributed by atoms with Crippen LogP contribution in [0.3, 0.4) is 0 Å². The molecule has 0 radical (unpaired) electrons. The molecule has 1 unspecified atom stereocenters. The Morgan fingerprint density at radius 1 is 1.62 bits per heavy atom. The maximum absolute atomic E-state index is 9.41. The SMILES string of the molecule is CCCc1nc2n(n1)CC(O)CC2. The Balaban J connectivity index is 2.18. The van der Waals surface area contributed by atoms with Crippen molar-refractivity contribution in [2.75, 3.05) is 0 Å². The van der Waals surface area contributed by atoms with Crippen LogP contribution in [-0.4, -0.2) is 26.0 Å². The summed E-state index contributed by atoms with van der Waals surface area (Å²) in [6, 6.07) is 0. The molecule has 0 aromatic carbocycles. The summed E-state index contributed by atoms with van der Waals surface area (Å²) in [5.74, 6) is 1.96. The van der Waals surface area contributed by atoms with Gasteiger partial charge in [0, 0.05) is 12.8 Å². The van der Waals surface area contributed by atoms with E-state index >= 15 is 0 Å². The molecule has 0 saturated heterocycles. The number of fused-ring (bicyclic) bond motifs is 1. The summed E-state index contributed by atoms with van der Waals surface area (Å²) in [6.45, 7) is 2.74. The van der Waals surface area contributed by atoms with E-state index in [0.29, 0.717) is 6.54 Å². The van der Waals surface area contributed by atoms with Gasteiger partial charge in [-0.15, -0.1) is 0 Å². The van der Waals surface area contributed by atoms with Crippen molar-refractivity contribution in [2.24, 2.45) is 0 Å². The van der Waals surface area contributed by atoms with E-state index in [1.54, 1.807) is 0 Å². The zero-order valence-corrected chi connectivity index (χ0v) is 7.90. The highest BCUT2D eigenvalue weighted by Gasteiger charge is 2.18. The first-order valence-electron chi connectivity index (χ1n) is 4.90. The van der Waals surface area contributed by atoms with Gasteiger partial charge in [0.05, 0.1) is 12.6 Å². The molecule has 0 aliphatic carbocycles. The van der Waals surface area contributed by atoms with Crippen LogP contribution >= 0.6 is 0 Å². The van der Waals surface area contributed by atoms with Crippen LogP contribution in [0.15, 0.2) is 0 Å². The van der Waals surface area contributed by atoms with E-state index in [2.05, 4.69) is 17.0 Å². The van der Waals surface area contributed by atoms with Crippen molar-refractivity contribution in [2.45, 2.75) is 45.3 Å². The number of aromatic nitrogens is 3. The lowest BCUT2D eigenvalue weighted by atomic mass is 10.1. The van der Waals surface area contributed by atoms with E-state index in [4.69, 9.17) is 0 Å². The quantitative estimate of drug-likeness (QED) is 0.724. The molecule has 1 aromatic rings. The second-order valence-electron chi connectivity index (χ2n) is 3.57. The zero-order valence-electron chi connectivity index (χ0n) is 7.90. The molecule has 0 amide bonds. The summed E-state index contributed by atoms with van der Waals surface area (Å²) in [7, 11) is 0. The first-order chi connectivity index (χ1) is 6.29. The molecule has 72 valence electrons. The van der Waals surface area contributed by atoms with Gasteiger partial charge in [0.15, 0.2) is 5.82 Å². The van der Waals surface area contributed by atoms with Crippen LogP contribution < -0.4 is 0 Å². The first kappa shape index (κ1) is 8.69. The number of aliphatic hydroxyl groups excluding tert-OH is 1. The third kappa shape index (κ3) is 1.72. The summed E-state index contributed by atoms with van der Waals surface area (Å²) >= 11 is 0. The number of hydrogen-bond acceptors (Lipinski definition) is 3. The Morgan fingerprint density at radius 3 is 3.23 bits per heavy atom. The standard InChI is InChI=1S/C9H15N3O/c1-2-3-8-10-9-5-4-7(13)6-12(9)11-8/h7,13H,2-6H2,1H3. The Kier molecular flexibility index (Phi) is 2.31. The monoisotopic (exact) mass is 181 g/mol. The van der Waals surface area contributed by atoms with Gasteiger partial charge in [0.1, 0.15) is 5.82 Å². The molecule has 0 saturated carbocycles. The van der Waals surface area contributed by atoms with Gasteiger partial charge < -0.3 is 5.11 Å². The molecule has 1 aromatic heterocycles. The minimum Gasteiger partial charge on any atom is -0.391 e. The first-order valence-corrected chi connectivity index (χ1v) is 4.90. The molecule has 1 aliphatic rings. The molecular formula is C9H15N3O.